The zero-order valence-electron chi connectivity index (χ0n) is 16.1. The number of halogens is 1. The van der Waals surface area contributed by atoms with Gasteiger partial charge in [-0.15, -0.1) is 0 Å². The predicted molar refractivity (Wildman–Crippen MR) is 114 cm³/mol. The Bertz CT molecular complexity index is 838. The first-order valence-corrected chi connectivity index (χ1v) is 9.82. The number of hydrazone groups is 1. The van der Waals surface area contributed by atoms with Crippen LogP contribution in [0.4, 0.5) is 0 Å². The quantitative estimate of drug-likeness (QED) is 0.479. The molecule has 1 unspecified atom stereocenters. The molecule has 2 aromatic carbocycles. The number of benzene rings is 2. The summed E-state index contributed by atoms with van der Waals surface area (Å²) in [4.78, 5) is 24.8. The number of ether oxygens (including phenoxy) is 1. The van der Waals surface area contributed by atoms with Crippen LogP contribution in [0.25, 0.3) is 0 Å². The van der Waals surface area contributed by atoms with Gasteiger partial charge in [0.05, 0.1) is 17.3 Å². The molecule has 2 amide bonds. The van der Waals surface area contributed by atoms with Gasteiger partial charge in [0.1, 0.15) is 11.8 Å². The van der Waals surface area contributed by atoms with Gasteiger partial charge in [0.25, 0.3) is 11.8 Å². The van der Waals surface area contributed by atoms with E-state index >= 15 is 0 Å². The van der Waals surface area contributed by atoms with E-state index in [0.717, 1.165) is 15.8 Å². The Kier molecular flexibility index (Phi) is 8.19. The highest BCUT2D eigenvalue weighted by atomic mass is 79.9. The molecule has 148 valence electrons. The Morgan fingerprint density at radius 3 is 2.50 bits per heavy atom. The van der Waals surface area contributed by atoms with Crippen molar-refractivity contribution in [2.45, 2.75) is 26.8 Å². The van der Waals surface area contributed by atoms with Crippen molar-refractivity contribution in [2.24, 2.45) is 11.0 Å². The van der Waals surface area contributed by atoms with Gasteiger partial charge in [-0.2, -0.15) is 5.10 Å². The molecule has 2 N–H and O–H groups in total. The molecule has 2 rings (SSSR count). The van der Waals surface area contributed by atoms with Crippen molar-refractivity contribution >= 4 is 34.0 Å². The van der Waals surface area contributed by atoms with Gasteiger partial charge in [0, 0.05) is 5.56 Å². The zero-order chi connectivity index (χ0) is 20.5. The van der Waals surface area contributed by atoms with Crippen molar-refractivity contribution in [3.8, 4) is 5.75 Å². The lowest BCUT2D eigenvalue weighted by Gasteiger charge is -2.20. The SMILES string of the molecule is CCOc1ccc(/C=N/NC(=O)C(NC(=O)c2ccccc2)C(C)C)cc1Br. The fraction of sp³-hybridized carbons (Fsp3) is 0.286. The smallest absolute Gasteiger partial charge is 0.262 e. The van der Waals surface area contributed by atoms with Crippen molar-refractivity contribution in [3.63, 3.8) is 0 Å². The van der Waals surface area contributed by atoms with Crippen molar-refractivity contribution in [1.82, 2.24) is 10.7 Å². The highest BCUT2D eigenvalue weighted by molar-refractivity contribution is 9.10. The highest BCUT2D eigenvalue weighted by Gasteiger charge is 2.24. The second-order valence-corrected chi connectivity index (χ2v) is 7.27. The minimum absolute atomic E-state index is 0.0949. The van der Waals surface area contributed by atoms with Crippen molar-refractivity contribution in [3.05, 3.63) is 64.1 Å². The first-order chi connectivity index (χ1) is 13.4. The maximum Gasteiger partial charge on any atom is 0.262 e. The van der Waals surface area contributed by atoms with Crippen LogP contribution in [-0.4, -0.2) is 30.7 Å². The average Bonchev–Trinajstić information content (AvgIpc) is 2.68. The van der Waals surface area contributed by atoms with Crippen molar-refractivity contribution in [1.29, 1.82) is 0 Å². The van der Waals surface area contributed by atoms with E-state index in [9.17, 15) is 9.59 Å². The topological polar surface area (TPSA) is 79.8 Å². The molecule has 0 saturated heterocycles. The van der Waals surface area contributed by atoms with Crippen LogP contribution < -0.4 is 15.5 Å². The van der Waals surface area contributed by atoms with E-state index in [-0.39, 0.29) is 17.7 Å². The monoisotopic (exact) mass is 445 g/mol. The molecule has 1 atom stereocenters. The molecule has 7 heteroatoms. The molecule has 0 aromatic heterocycles. The summed E-state index contributed by atoms with van der Waals surface area (Å²) in [5.41, 5.74) is 3.80. The Hall–Kier alpha value is -2.67. The van der Waals surface area contributed by atoms with Gasteiger partial charge in [-0.25, -0.2) is 5.43 Å². The lowest BCUT2D eigenvalue weighted by molar-refractivity contribution is -0.123. The third kappa shape index (κ3) is 6.20. The molecular formula is C21H24BrN3O3. The van der Waals surface area contributed by atoms with Crippen LogP contribution in [0.5, 0.6) is 5.75 Å². The first kappa shape index (κ1) is 21.6. The van der Waals surface area contributed by atoms with Gasteiger partial charge in [0.2, 0.25) is 0 Å². The molecule has 0 bridgehead atoms. The minimum atomic E-state index is -0.697. The van der Waals surface area contributed by atoms with E-state index in [4.69, 9.17) is 4.74 Å². The van der Waals surface area contributed by atoms with E-state index < -0.39 is 6.04 Å². The number of nitrogens with one attached hydrogen (secondary N) is 2. The van der Waals surface area contributed by atoms with Gasteiger partial charge in [0.15, 0.2) is 0 Å². The molecule has 0 aliphatic carbocycles. The summed E-state index contributed by atoms with van der Waals surface area (Å²) >= 11 is 3.44. The molecule has 0 aliphatic rings. The normalized spacial score (nSPS) is 12.0. The van der Waals surface area contributed by atoms with Gasteiger partial charge in [-0.1, -0.05) is 32.0 Å². The third-order valence-electron chi connectivity index (χ3n) is 3.92. The number of carbonyl (C=O) groups is 2. The van der Waals surface area contributed by atoms with Crippen LogP contribution in [0.1, 0.15) is 36.7 Å². The lowest BCUT2D eigenvalue weighted by Crippen LogP contribution is -2.48. The summed E-state index contributed by atoms with van der Waals surface area (Å²) < 4.78 is 6.27. The molecule has 28 heavy (non-hydrogen) atoms. The van der Waals surface area contributed by atoms with E-state index in [0.29, 0.717) is 12.2 Å². The summed E-state index contributed by atoms with van der Waals surface area (Å²) in [6.45, 7) is 6.22. The zero-order valence-corrected chi connectivity index (χ0v) is 17.7. The van der Waals surface area contributed by atoms with Crippen molar-refractivity contribution < 1.29 is 14.3 Å². The molecular weight excluding hydrogens is 422 g/mol. The molecule has 0 radical (unpaired) electrons. The molecule has 2 aromatic rings. The lowest BCUT2D eigenvalue weighted by atomic mass is 10.0. The Morgan fingerprint density at radius 1 is 1.18 bits per heavy atom. The van der Waals surface area contributed by atoms with Gasteiger partial charge >= 0.3 is 0 Å². The number of rotatable bonds is 8. The summed E-state index contributed by atoms with van der Waals surface area (Å²) in [5, 5.41) is 6.77. The van der Waals surface area contributed by atoms with Crippen LogP contribution in [-0.2, 0) is 4.79 Å². The maximum absolute atomic E-state index is 12.5. The van der Waals surface area contributed by atoms with Crippen LogP contribution in [0, 0.1) is 5.92 Å². The molecule has 0 fully saturated rings. The summed E-state index contributed by atoms with van der Waals surface area (Å²) in [7, 11) is 0. The average molecular weight is 446 g/mol. The van der Waals surface area contributed by atoms with E-state index in [2.05, 4.69) is 31.8 Å². The maximum atomic E-state index is 12.5. The molecule has 0 heterocycles. The Labute approximate surface area is 173 Å². The van der Waals surface area contributed by atoms with Crippen LogP contribution in [0.2, 0.25) is 0 Å². The molecule has 0 aliphatic heterocycles. The van der Waals surface area contributed by atoms with Crippen LogP contribution in [0.3, 0.4) is 0 Å². The predicted octanol–water partition coefficient (Wildman–Crippen LogP) is 3.75. The van der Waals surface area contributed by atoms with Gasteiger partial charge in [-0.3, -0.25) is 9.59 Å². The summed E-state index contributed by atoms with van der Waals surface area (Å²) in [6.07, 6.45) is 1.54. The Morgan fingerprint density at radius 2 is 1.89 bits per heavy atom. The number of amides is 2. The molecule has 6 nitrogen and oxygen atoms in total. The number of nitrogens with zero attached hydrogens (tertiary/aromatic N) is 1. The standard InChI is InChI=1S/C21H24BrN3O3/c1-4-28-18-11-10-15(12-17(18)22)13-23-25-21(27)19(14(2)3)24-20(26)16-8-6-5-7-9-16/h5-14,19H,4H2,1-3H3,(H,24,26)(H,25,27)/b23-13+. The minimum Gasteiger partial charge on any atom is -0.493 e. The fourth-order valence-corrected chi connectivity index (χ4v) is 2.97. The Balaban J connectivity index is 1.99. The van der Waals surface area contributed by atoms with E-state index in [1.54, 1.807) is 24.3 Å². The largest absolute Gasteiger partial charge is 0.493 e. The second-order valence-electron chi connectivity index (χ2n) is 6.42. The van der Waals surface area contributed by atoms with E-state index in [1.165, 1.54) is 6.21 Å². The van der Waals surface area contributed by atoms with Gasteiger partial charge < -0.3 is 10.1 Å². The second kappa shape index (κ2) is 10.6. The van der Waals surface area contributed by atoms with Crippen LogP contribution >= 0.6 is 15.9 Å². The summed E-state index contributed by atoms with van der Waals surface area (Å²) in [6, 6.07) is 13.6. The number of hydrogen-bond acceptors (Lipinski definition) is 4. The molecule has 0 saturated carbocycles. The number of carbonyl (C=O) groups excluding carboxylic acids is 2. The number of hydrogen-bond donors (Lipinski definition) is 2. The first-order valence-electron chi connectivity index (χ1n) is 9.03. The molecule has 0 spiro atoms. The van der Waals surface area contributed by atoms with Crippen LogP contribution in [0.15, 0.2) is 58.1 Å². The third-order valence-corrected chi connectivity index (χ3v) is 4.54. The highest BCUT2D eigenvalue weighted by Crippen LogP contribution is 2.25. The van der Waals surface area contributed by atoms with Crippen molar-refractivity contribution in [2.75, 3.05) is 6.61 Å². The van der Waals surface area contributed by atoms with E-state index in [1.807, 2.05) is 45.0 Å². The van der Waals surface area contributed by atoms with Gasteiger partial charge in [-0.05, 0) is 64.7 Å². The fourth-order valence-electron chi connectivity index (χ4n) is 2.46. The summed E-state index contributed by atoms with van der Waals surface area (Å²) in [5.74, 6) is -0.0240.